The first-order chi connectivity index (χ1) is 18.2. The molecule has 10 heteroatoms. The Balaban J connectivity index is 1.21. The highest BCUT2D eigenvalue weighted by Crippen LogP contribution is 2.46. The molecule has 202 valence electrons. The topological polar surface area (TPSA) is 127 Å². The smallest absolute Gasteiger partial charge is 0.196 e. The zero-order valence-electron chi connectivity index (χ0n) is 22.3. The van der Waals surface area contributed by atoms with Crippen LogP contribution in [0.15, 0.2) is 29.4 Å². The van der Waals surface area contributed by atoms with Crippen LogP contribution in [0, 0.1) is 5.41 Å². The van der Waals surface area contributed by atoms with Crippen molar-refractivity contribution in [1.82, 2.24) is 19.9 Å². The standard InChI is InChI=1S/C28H36N6O3S/c1-17(2)24-25(19-10-23(37-3)27(30-11-19)31-16-29)33-22-9-8-21(32-26(22)24)18-4-6-20(7-5-18)34-12-28(13-34)14-38(35,36)15-28/h8-11,16-18,20,33H,4-7,12-15H2,1-3H3,(H2,29,30,31). The molecule has 9 nitrogen and oxygen atoms in total. The van der Waals surface area contributed by atoms with E-state index < -0.39 is 9.84 Å². The lowest BCUT2D eigenvalue weighted by Gasteiger charge is -2.58. The molecule has 1 saturated carbocycles. The van der Waals surface area contributed by atoms with Crippen molar-refractivity contribution in [3.8, 4) is 17.0 Å². The quantitative estimate of drug-likeness (QED) is 0.358. The zero-order chi connectivity index (χ0) is 26.7. The van der Waals surface area contributed by atoms with Gasteiger partial charge in [-0.25, -0.2) is 18.4 Å². The maximum atomic E-state index is 11.6. The number of fused-ring (bicyclic) bond motifs is 1. The average Bonchev–Trinajstić information content (AvgIpc) is 3.25. The molecule has 0 bridgehead atoms. The molecule has 3 fully saturated rings. The van der Waals surface area contributed by atoms with Gasteiger partial charge in [0, 0.05) is 53.5 Å². The lowest BCUT2D eigenvalue weighted by molar-refractivity contribution is -0.0238. The van der Waals surface area contributed by atoms with Gasteiger partial charge in [0.15, 0.2) is 21.4 Å². The highest BCUT2D eigenvalue weighted by Gasteiger charge is 2.56. The van der Waals surface area contributed by atoms with Crippen LogP contribution < -0.4 is 10.5 Å². The summed E-state index contributed by atoms with van der Waals surface area (Å²) in [5.41, 5.74) is 11.8. The van der Waals surface area contributed by atoms with Gasteiger partial charge >= 0.3 is 0 Å². The van der Waals surface area contributed by atoms with Gasteiger partial charge in [-0.2, -0.15) is 0 Å². The van der Waals surface area contributed by atoms with Crippen LogP contribution in [0.4, 0.5) is 5.82 Å². The lowest BCUT2D eigenvalue weighted by Crippen LogP contribution is -2.70. The van der Waals surface area contributed by atoms with Crippen LogP contribution in [0.1, 0.15) is 62.6 Å². The van der Waals surface area contributed by atoms with Crippen molar-refractivity contribution in [2.45, 2.75) is 57.4 Å². The minimum Gasteiger partial charge on any atom is -0.493 e. The van der Waals surface area contributed by atoms with E-state index in [1.165, 1.54) is 11.9 Å². The van der Waals surface area contributed by atoms with E-state index in [0.29, 0.717) is 35.0 Å². The molecular formula is C28H36N6O3S. The van der Waals surface area contributed by atoms with Crippen molar-refractivity contribution in [1.29, 1.82) is 0 Å². The third-order valence-electron chi connectivity index (χ3n) is 8.58. The Morgan fingerprint density at radius 2 is 1.95 bits per heavy atom. The summed E-state index contributed by atoms with van der Waals surface area (Å²) in [6.45, 7) is 6.29. The molecule has 3 aliphatic rings. The third kappa shape index (κ3) is 4.37. The molecule has 6 rings (SSSR count). The molecule has 3 aromatic rings. The Bertz CT molecular complexity index is 1480. The van der Waals surface area contributed by atoms with Crippen molar-refractivity contribution >= 4 is 33.0 Å². The minimum atomic E-state index is -2.76. The van der Waals surface area contributed by atoms with Crippen LogP contribution in [0.2, 0.25) is 0 Å². The van der Waals surface area contributed by atoms with Crippen molar-refractivity contribution in [3.63, 3.8) is 0 Å². The first kappa shape index (κ1) is 25.3. The van der Waals surface area contributed by atoms with E-state index in [4.69, 9.17) is 15.5 Å². The fraction of sp³-hybridized carbons (Fsp3) is 0.536. The lowest BCUT2D eigenvalue weighted by atomic mass is 9.77. The number of nitrogens with two attached hydrogens (primary N) is 1. The summed E-state index contributed by atoms with van der Waals surface area (Å²) in [5, 5.41) is 0. The number of nitrogens with one attached hydrogen (secondary N) is 1. The van der Waals surface area contributed by atoms with E-state index in [-0.39, 0.29) is 11.3 Å². The number of ether oxygens (including phenoxy) is 1. The van der Waals surface area contributed by atoms with Crippen LogP contribution in [0.5, 0.6) is 5.75 Å². The second-order valence-electron chi connectivity index (χ2n) is 11.7. The van der Waals surface area contributed by atoms with Gasteiger partial charge in [0.2, 0.25) is 0 Å². The van der Waals surface area contributed by atoms with Crippen LogP contribution in [-0.2, 0) is 9.84 Å². The number of H-pyrrole nitrogens is 1. The van der Waals surface area contributed by atoms with Gasteiger partial charge in [0.05, 0.1) is 41.7 Å². The Labute approximate surface area is 223 Å². The second kappa shape index (κ2) is 9.34. The predicted molar refractivity (Wildman–Crippen MR) is 150 cm³/mol. The Hall–Kier alpha value is -2.98. The molecule has 3 N–H and O–H groups in total. The first-order valence-corrected chi connectivity index (χ1v) is 15.3. The fourth-order valence-electron chi connectivity index (χ4n) is 6.89. The number of pyridine rings is 2. The predicted octanol–water partition coefficient (Wildman–Crippen LogP) is 4.13. The summed E-state index contributed by atoms with van der Waals surface area (Å²) in [4.78, 5) is 19.9. The average molecular weight is 537 g/mol. The van der Waals surface area contributed by atoms with E-state index in [9.17, 15) is 8.42 Å². The Kier molecular flexibility index (Phi) is 6.22. The molecule has 1 spiro atoms. The van der Waals surface area contributed by atoms with E-state index in [2.05, 4.69) is 45.8 Å². The summed E-state index contributed by atoms with van der Waals surface area (Å²) in [7, 11) is -1.16. The van der Waals surface area contributed by atoms with E-state index in [1.54, 1.807) is 13.3 Å². The Morgan fingerprint density at radius 1 is 1.21 bits per heavy atom. The van der Waals surface area contributed by atoms with Gasteiger partial charge in [-0.05, 0) is 49.8 Å². The molecule has 2 saturated heterocycles. The van der Waals surface area contributed by atoms with E-state index >= 15 is 0 Å². The minimum absolute atomic E-state index is 0.0685. The molecule has 0 atom stereocenters. The van der Waals surface area contributed by atoms with Crippen LogP contribution >= 0.6 is 0 Å². The number of hydrogen-bond donors (Lipinski definition) is 2. The van der Waals surface area contributed by atoms with Crippen LogP contribution in [0.3, 0.4) is 0 Å². The molecule has 5 heterocycles. The number of aromatic amines is 1. The van der Waals surface area contributed by atoms with E-state index in [0.717, 1.165) is 66.8 Å². The summed E-state index contributed by atoms with van der Waals surface area (Å²) in [5.74, 6) is 2.50. The van der Waals surface area contributed by atoms with Crippen LogP contribution in [-0.4, -0.2) is 72.4 Å². The van der Waals surface area contributed by atoms with Crippen molar-refractivity contribution in [2.24, 2.45) is 16.1 Å². The summed E-state index contributed by atoms with van der Waals surface area (Å²) in [6, 6.07) is 6.84. The maximum Gasteiger partial charge on any atom is 0.196 e. The molecule has 0 aromatic carbocycles. The molecular weight excluding hydrogens is 500 g/mol. The SMILES string of the molecule is COc1cc(-c2[nH]c3ccc(C4CCC(N5CC6(C5)CS(=O)(=O)C6)CC4)nc3c2C(C)C)cnc1N=CN. The largest absolute Gasteiger partial charge is 0.493 e. The number of methoxy groups -OCH3 is 1. The zero-order valence-corrected chi connectivity index (χ0v) is 23.1. The second-order valence-corrected chi connectivity index (χ2v) is 13.7. The summed E-state index contributed by atoms with van der Waals surface area (Å²) >= 11 is 0. The third-order valence-corrected chi connectivity index (χ3v) is 10.7. The van der Waals surface area contributed by atoms with Gasteiger partial charge in [-0.15, -0.1) is 0 Å². The van der Waals surface area contributed by atoms with Gasteiger partial charge in [-0.3, -0.25) is 9.88 Å². The van der Waals surface area contributed by atoms with Gasteiger partial charge in [0.25, 0.3) is 0 Å². The first-order valence-electron chi connectivity index (χ1n) is 13.5. The van der Waals surface area contributed by atoms with Gasteiger partial charge < -0.3 is 15.5 Å². The number of likely N-dealkylation sites (tertiary alicyclic amines) is 1. The number of hydrogen-bond acceptors (Lipinski definition) is 7. The normalized spacial score (nSPS) is 24.6. The number of nitrogens with zero attached hydrogens (tertiary/aromatic N) is 4. The number of rotatable bonds is 6. The monoisotopic (exact) mass is 536 g/mol. The summed E-state index contributed by atoms with van der Waals surface area (Å²) in [6.07, 6.45) is 7.53. The van der Waals surface area contributed by atoms with Gasteiger partial charge in [-0.1, -0.05) is 13.8 Å². The molecule has 38 heavy (non-hydrogen) atoms. The molecule has 0 amide bonds. The Morgan fingerprint density at radius 3 is 2.58 bits per heavy atom. The van der Waals surface area contributed by atoms with Crippen molar-refractivity contribution < 1.29 is 13.2 Å². The number of aliphatic imine (C=N–C) groups is 1. The van der Waals surface area contributed by atoms with Crippen molar-refractivity contribution in [3.05, 3.63) is 35.7 Å². The van der Waals surface area contributed by atoms with E-state index in [1.807, 2.05) is 6.07 Å². The highest BCUT2D eigenvalue weighted by atomic mass is 32.2. The highest BCUT2D eigenvalue weighted by molar-refractivity contribution is 7.92. The van der Waals surface area contributed by atoms with Crippen LogP contribution in [0.25, 0.3) is 22.3 Å². The number of sulfone groups is 1. The van der Waals surface area contributed by atoms with Gasteiger partial charge in [0.1, 0.15) is 0 Å². The molecule has 3 aromatic heterocycles. The summed E-state index contributed by atoms with van der Waals surface area (Å²) < 4.78 is 28.8. The maximum absolute atomic E-state index is 11.6. The molecule has 1 aliphatic carbocycles. The molecule has 2 aliphatic heterocycles. The molecule has 0 unspecified atom stereocenters. The number of aromatic nitrogens is 3. The van der Waals surface area contributed by atoms with Crippen molar-refractivity contribution in [2.75, 3.05) is 31.7 Å². The molecule has 0 radical (unpaired) electrons. The fourth-order valence-corrected chi connectivity index (χ4v) is 9.04.